The van der Waals surface area contributed by atoms with E-state index in [-0.39, 0.29) is 11.5 Å². The number of phenols is 1. The molecule has 142 valence electrons. The number of nitrogens with one attached hydrogen (secondary N) is 1. The summed E-state index contributed by atoms with van der Waals surface area (Å²) >= 11 is 1.29. The van der Waals surface area contributed by atoms with Crippen molar-refractivity contribution < 1.29 is 24.2 Å². The molecule has 2 aromatic carbocycles. The molecule has 8 heteroatoms. The minimum absolute atomic E-state index is 0.0759. The smallest absolute Gasteiger partial charge is 0.353 e. The van der Waals surface area contributed by atoms with Gasteiger partial charge >= 0.3 is 5.97 Å². The zero-order valence-corrected chi connectivity index (χ0v) is 15.6. The lowest BCUT2D eigenvalue weighted by Gasteiger charge is -2.09. The molecule has 0 aliphatic rings. The summed E-state index contributed by atoms with van der Waals surface area (Å²) in [7, 11) is 1.46. The zero-order chi connectivity index (χ0) is 19.9. The van der Waals surface area contributed by atoms with Gasteiger partial charge in [-0.05, 0) is 59.5 Å². The Hall–Kier alpha value is -3.65. The van der Waals surface area contributed by atoms with Gasteiger partial charge in [-0.1, -0.05) is 6.07 Å². The number of carbonyl (C=O) groups excluding carboxylic acids is 2. The van der Waals surface area contributed by atoms with Crippen LogP contribution in [0.15, 0.2) is 65.1 Å². The van der Waals surface area contributed by atoms with Gasteiger partial charge in [0.15, 0.2) is 11.5 Å². The molecule has 0 saturated heterocycles. The standard InChI is InChI=1S/C20H16N2O5S/c1-26-17-11-13(4-9-16(17)27-20(25)18-3-2-10-28-18)12-21-22-19(24)14-5-7-15(23)8-6-14/h2-12,23H,1H3,(H,22,24)/b21-12-. The molecule has 0 atom stereocenters. The monoisotopic (exact) mass is 396 g/mol. The van der Waals surface area contributed by atoms with Crippen molar-refractivity contribution in [3.8, 4) is 17.2 Å². The lowest BCUT2D eigenvalue weighted by Crippen LogP contribution is -2.17. The maximum Gasteiger partial charge on any atom is 0.353 e. The van der Waals surface area contributed by atoms with Crippen LogP contribution in [0.1, 0.15) is 25.6 Å². The van der Waals surface area contributed by atoms with Crippen LogP contribution in [0.5, 0.6) is 17.2 Å². The second kappa shape index (κ2) is 8.83. The summed E-state index contributed by atoms with van der Waals surface area (Å²) in [6.07, 6.45) is 1.44. The highest BCUT2D eigenvalue weighted by Crippen LogP contribution is 2.28. The summed E-state index contributed by atoms with van der Waals surface area (Å²) in [6.45, 7) is 0. The highest BCUT2D eigenvalue weighted by molar-refractivity contribution is 7.12. The molecular weight excluding hydrogens is 380 g/mol. The van der Waals surface area contributed by atoms with Crippen molar-refractivity contribution in [2.75, 3.05) is 7.11 Å². The van der Waals surface area contributed by atoms with Gasteiger partial charge in [0.1, 0.15) is 10.6 Å². The molecule has 1 aromatic heterocycles. The van der Waals surface area contributed by atoms with Gasteiger partial charge in [-0.2, -0.15) is 5.10 Å². The number of amides is 1. The Morgan fingerprint density at radius 3 is 2.57 bits per heavy atom. The van der Waals surface area contributed by atoms with Crippen LogP contribution in [0.3, 0.4) is 0 Å². The molecule has 0 saturated carbocycles. The third-order valence-electron chi connectivity index (χ3n) is 3.62. The van der Waals surface area contributed by atoms with E-state index in [0.717, 1.165) is 0 Å². The Morgan fingerprint density at radius 2 is 1.89 bits per heavy atom. The number of aromatic hydroxyl groups is 1. The third kappa shape index (κ3) is 4.74. The van der Waals surface area contributed by atoms with Crippen LogP contribution in [0.2, 0.25) is 0 Å². The van der Waals surface area contributed by atoms with E-state index in [9.17, 15) is 14.7 Å². The molecule has 0 aliphatic heterocycles. The summed E-state index contributed by atoms with van der Waals surface area (Å²) in [5.41, 5.74) is 3.40. The maximum atomic E-state index is 12.1. The number of hydrazone groups is 1. The Bertz CT molecular complexity index is 998. The predicted molar refractivity (Wildman–Crippen MR) is 105 cm³/mol. The van der Waals surface area contributed by atoms with Crippen LogP contribution in [-0.2, 0) is 0 Å². The van der Waals surface area contributed by atoms with Crippen molar-refractivity contribution in [2.24, 2.45) is 5.10 Å². The Balaban J connectivity index is 1.66. The minimum atomic E-state index is -0.462. The fourth-order valence-corrected chi connectivity index (χ4v) is 2.84. The SMILES string of the molecule is COc1cc(/C=N\NC(=O)c2ccc(O)cc2)ccc1OC(=O)c1cccs1. The topological polar surface area (TPSA) is 97.2 Å². The fourth-order valence-electron chi connectivity index (χ4n) is 2.24. The largest absolute Gasteiger partial charge is 0.508 e. The molecule has 28 heavy (non-hydrogen) atoms. The number of rotatable bonds is 6. The number of hydrogen-bond donors (Lipinski definition) is 2. The van der Waals surface area contributed by atoms with Crippen LogP contribution >= 0.6 is 11.3 Å². The van der Waals surface area contributed by atoms with Crippen LogP contribution in [0.25, 0.3) is 0 Å². The van der Waals surface area contributed by atoms with Crippen LogP contribution in [-0.4, -0.2) is 30.3 Å². The first kappa shape index (κ1) is 19.1. The quantitative estimate of drug-likeness (QED) is 0.288. The molecule has 1 heterocycles. The zero-order valence-electron chi connectivity index (χ0n) is 14.8. The molecule has 0 radical (unpaired) electrons. The first-order valence-corrected chi connectivity index (χ1v) is 9.01. The molecule has 3 rings (SSSR count). The highest BCUT2D eigenvalue weighted by atomic mass is 32.1. The lowest BCUT2D eigenvalue weighted by molar-refractivity contribution is 0.0734. The second-order valence-electron chi connectivity index (χ2n) is 5.52. The van der Waals surface area contributed by atoms with E-state index in [1.807, 2.05) is 0 Å². The summed E-state index contributed by atoms with van der Waals surface area (Å²) < 4.78 is 10.6. The average molecular weight is 396 g/mol. The Labute approximate surface area is 164 Å². The minimum Gasteiger partial charge on any atom is -0.508 e. The van der Waals surface area contributed by atoms with E-state index in [4.69, 9.17) is 9.47 Å². The van der Waals surface area contributed by atoms with E-state index in [1.54, 1.807) is 35.7 Å². The Morgan fingerprint density at radius 1 is 1.11 bits per heavy atom. The van der Waals surface area contributed by atoms with Gasteiger partial charge in [0.2, 0.25) is 0 Å². The highest BCUT2D eigenvalue weighted by Gasteiger charge is 2.13. The lowest BCUT2D eigenvalue weighted by atomic mass is 10.2. The average Bonchev–Trinajstić information content (AvgIpc) is 3.24. The van der Waals surface area contributed by atoms with Gasteiger partial charge in [-0.3, -0.25) is 4.79 Å². The van der Waals surface area contributed by atoms with Gasteiger partial charge in [0.05, 0.1) is 13.3 Å². The van der Waals surface area contributed by atoms with E-state index in [2.05, 4.69) is 10.5 Å². The normalized spacial score (nSPS) is 10.6. The number of phenolic OH excluding ortho intramolecular Hbond substituents is 1. The van der Waals surface area contributed by atoms with E-state index in [1.165, 1.54) is 48.9 Å². The molecule has 3 aromatic rings. The molecule has 0 bridgehead atoms. The van der Waals surface area contributed by atoms with Crippen molar-refractivity contribution >= 4 is 29.4 Å². The number of esters is 1. The molecule has 0 aliphatic carbocycles. The van der Waals surface area contributed by atoms with E-state index < -0.39 is 11.9 Å². The van der Waals surface area contributed by atoms with E-state index >= 15 is 0 Å². The number of thiophene rings is 1. The molecule has 0 unspecified atom stereocenters. The van der Waals surface area contributed by atoms with Crippen LogP contribution < -0.4 is 14.9 Å². The molecule has 0 spiro atoms. The van der Waals surface area contributed by atoms with Crippen molar-refractivity contribution in [1.82, 2.24) is 5.43 Å². The number of benzene rings is 2. The number of nitrogens with zero attached hydrogens (tertiary/aromatic N) is 1. The van der Waals surface area contributed by atoms with Crippen molar-refractivity contribution in [3.63, 3.8) is 0 Å². The van der Waals surface area contributed by atoms with Gasteiger partial charge in [0.25, 0.3) is 5.91 Å². The molecule has 2 N–H and O–H groups in total. The van der Waals surface area contributed by atoms with Crippen molar-refractivity contribution in [3.05, 3.63) is 76.0 Å². The van der Waals surface area contributed by atoms with Gasteiger partial charge in [0, 0.05) is 5.56 Å². The first-order valence-electron chi connectivity index (χ1n) is 8.13. The predicted octanol–water partition coefficient (Wildman–Crippen LogP) is 3.45. The number of carbonyl (C=O) groups is 2. The van der Waals surface area contributed by atoms with Gasteiger partial charge in [-0.15, -0.1) is 11.3 Å². The number of methoxy groups -OCH3 is 1. The van der Waals surface area contributed by atoms with E-state index in [0.29, 0.717) is 21.8 Å². The van der Waals surface area contributed by atoms with Crippen molar-refractivity contribution in [2.45, 2.75) is 0 Å². The van der Waals surface area contributed by atoms with Gasteiger partial charge < -0.3 is 14.6 Å². The maximum absolute atomic E-state index is 12.1. The molecular formula is C20H16N2O5S. The third-order valence-corrected chi connectivity index (χ3v) is 4.47. The first-order chi connectivity index (χ1) is 13.6. The number of ether oxygens (including phenoxy) is 2. The molecule has 7 nitrogen and oxygen atoms in total. The summed E-state index contributed by atoms with van der Waals surface area (Å²) in [4.78, 5) is 24.5. The Kier molecular flexibility index (Phi) is 6.03. The summed E-state index contributed by atoms with van der Waals surface area (Å²) in [6, 6.07) is 14.2. The summed E-state index contributed by atoms with van der Waals surface area (Å²) in [5, 5.41) is 14.9. The van der Waals surface area contributed by atoms with Gasteiger partial charge in [-0.25, -0.2) is 10.2 Å². The van der Waals surface area contributed by atoms with Crippen molar-refractivity contribution in [1.29, 1.82) is 0 Å². The van der Waals surface area contributed by atoms with Crippen LogP contribution in [0, 0.1) is 0 Å². The number of hydrogen-bond acceptors (Lipinski definition) is 7. The second-order valence-corrected chi connectivity index (χ2v) is 6.47. The van der Waals surface area contributed by atoms with Crippen LogP contribution in [0.4, 0.5) is 0 Å². The molecule has 0 fully saturated rings. The summed E-state index contributed by atoms with van der Waals surface area (Å²) in [5.74, 6) is -0.155. The molecule has 1 amide bonds. The fraction of sp³-hybridized carbons (Fsp3) is 0.0500.